The number of amides is 2. The maximum absolute atomic E-state index is 11.5. The number of carbonyl (C=O) groups excluding carboxylic acids is 2. The molecule has 1 aromatic carbocycles. The Labute approximate surface area is 149 Å². The van der Waals surface area contributed by atoms with E-state index in [0.29, 0.717) is 6.54 Å². The van der Waals surface area contributed by atoms with Gasteiger partial charge in [-0.15, -0.1) is 24.8 Å². The third-order valence-electron chi connectivity index (χ3n) is 3.54. The summed E-state index contributed by atoms with van der Waals surface area (Å²) >= 11 is 0. The maximum atomic E-state index is 11.5. The highest BCUT2D eigenvalue weighted by atomic mass is 35.5. The number of fused-ring (bicyclic) bond motifs is 1. The van der Waals surface area contributed by atoms with Crippen LogP contribution < -0.4 is 21.3 Å². The van der Waals surface area contributed by atoms with E-state index in [-0.39, 0.29) is 49.7 Å². The second kappa shape index (κ2) is 11.1. The summed E-state index contributed by atoms with van der Waals surface area (Å²) in [6.07, 6.45) is 1.97. The van der Waals surface area contributed by atoms with E-state index in [0.717, 1.165) is 25.9 Å². The zero-order valence-electron chi connectivity index (χ0n) is 12.9. The second-order valence-corrected chi connectivity index (χ2v) is 5.05. The van der Waals surface area contributed by atoms with Crippen molar-refractivity contribution in [2.24, 2.45) is 5.73 Å². The fourth-order valence-corrected chi connectivity index (χ4v) is 2.45. The van der Waals surface area contributed by atoms with E-state index in [9.17, 15) is 9.59 Å². The summed E-state index contributed by atoms with van der Waals surface area (Å²) in [7, 11) is 0. The third-order valence-corrected chi connectivity index (χ3v) is 3.54. The molecule has 23 heavy (non-hydrogen) atoms. The van der Waals surface area contributed by atoms with Gasteiger partial charge in [0.05, 0.1) is 13.1 Å². The third kappa shape index (κ3) is 6.64. The molecular formula is C15H24Cl2N4O2. The summed E-state index contributed by atoms with van der Waals surface area (Å²) in [5, 5.41) is 5.23. The minimum absolute atomic E-state index is 0. The van der Waals surface area contributed by atoms with Crippen molar-refractivity contribution in [3.63, 3.8) is 0 Å². The van der Waals surface area contributed by atoms with E-state index in [1.54, 1.807) is 0 Å². The molecule has 0 saturated carbocycles. The van der Waals surface area contributed by atoms with Crippen LogP contribution in [0.3, 0.4) is 0 Å². The average Bonchev–Trinajstić information content (AvgIpc) is 2.92. The molecule has 2 amide bonds. The van der Waals surface area contributed by atoms with Gasteiger partial charge in [0.15, 0.2) is 0 Å². The van der Waals surface area contributed by atoms with Gasteiger partial charge in [0.1, 0.15) is 0 Å². The number of anilines is 1. The van der Waals surface area contributed by atoms with E-state index in [1.807, 2.05) is 0 Å². The number of hydrogen-bond donors (Lipinski definition) is 3. The molecule has 8 heteroatoms. The quantitative estimate of drug-likeness (QED) is 0.615. The summed E-state index contributed by atoms with van der Waals surface area (Å²) in [6.45, 7) is 2.46. The monoisotopic (exact) mass is 362 g/mol. The van der Waals surface area contributed by atoms with Crippen LogP contribution in [0.1, 0.15) is 12.0 Å². The van der Waals surface area contributed by atoms with Gasteiger partial charge in [-0.25, -0.2) is 0 Å². The molecule has 0 unspecified atom stereocenters. The number of nitrogens with zero attached hydrogens (tertiary/aromatic N) is 1. The number of para-hydroxylation sites is 1. The molecule has 1 aliphatic heterocycles. The minimum Gasteiger partial charge on any atom is -0.371 e. The highest BCUT2D eigenvalue weighted by Crippen LogP contribution is 2.27. The lowest BCUT2D eigenvalue weighted by Crippen LogP contribution is -2.40. The average molecular weight is 363 g/mol. The molecule has 0 fully saturated rings. The van der Waals surface area contributed by atoms with Crippen molar-refractivity contribution in [2.75, 3.05) is 37.6 Å². The van der Waals surface area contributed by atoms with Crippen molar-refractivity contribution in [1.82, 2.24) is 10.6 Å². The van der Waals surface area contributed by atoms with Gasteiger partial charge in [-0.3, -0.25) is 9.59 Å². The smallest absolute Gasteiger partial charge is 0.239 e. The van der Waals surface area contributed by atoms with Crippen molar-refractivity contribution in [3.8, 4) is 0 Å². The van der Waals surface area contributed by atoms with Crippen molar-refractivity contribution >= 4 is 42.3 Å². The lowest BCUT2D eigenvalue weighted by atomic mass is 10.2. The van der Waals surface area contributed by atoms with Gasteiger partial charge in [-0.2, -0.15) is 0 Å². The molecule has 2 rings (SSSR count). The lowest BCUT2D eigenvalue weighted by molar-refractivity contribution is -0.125. The number of benzene rings is 1. The first kappa shape index (κ1) is 21.5. The van der Waals surface area contributed by atoms with Crippen LogP contribution in [0.25, 0.3) is 0 Å². The Kier molecular flexibility index (Phi) is 10.4. The number of nitrogens with one attached hydrogen (secondary N) is 2. The minimum atomic E-state index is -0.321. The van der Waals surface area contributed by atoms with E-state index in [4.69, 9.17) is 5.73 Å². The van der Waals surface area contributed by atoms with Crippen LogP contribution in [0.5, 0.6) is 0 Å². The Bertz CT molecular complexity index is 514. The predicted molar refractivity (Wildman–Crippen MR) is 96.5 cm³/mol. The van der Waals surface area contributed by atoms with Gasteiger partial charge in [0.2, 0.25) is 11.8 Å². The number of halogens is 2. The largest absolute Gasteiger partial charge is 0.371 e. The van der Waals surface area contributed by atoms with Crippen molar-refractivity contribution in [3.05, 3.63) is 29.8 Å². The fraction of sp³-hybridized carbons (Fsp3) is 0.467. The van der Waals surface area contributed by atoms with Crippen LogP contribution in [-0.4, -0.2) is 44.5 Å². The fourth-order valence-electron chi connectivity index (χ4n) is 2.45. The van der Waals surface area contributed by atoms with E-state index >= 15 is 0 Å². The van der Waals surface area contributed by atoms with Crippen molar-refractivity contribution < 1.29 is 9.59 Å². The molecular weight excluding hydrogens is 339 g/mol. The molecule has 0 bridgehead atoms. The standard InChI is InChI=1S/C15H22N4O2.2ClH/c16-10-14(20)18-11-15(21)17-7-3-8-19-9-6-12-4-1-2-5-13(12)19;;/h1-2,4-5H,3,6-11,16H2,(H,17,21)(H,18,20);2*1H. The zero-order valence-corrected chi connectivity index (χ0v) is 14.5. The van der Waals surface area contributed by atoms with Crippen LogP contribution in [0.2, 0.25) is 0 Å². The Balaban J connectivity index is 0.00000242. The Morgan fingerprint density at radius 2 is 1.87 bits per heavy atom. The van der Waals surface area contributed by atoms with Crippen LogP contribution in [-0.2, 0) is 16.0 Å². The van der Waals surface area contributed by atoms with Crippen molar-refractivity contribution in [1.29, 1.82) is 0 Å². The molecule has 0 aliphatic carbocycles. The molecule has 1 aliphatic rings. The summed E-state index contributed by atoms with van der Waals surface area (Å²) in [5.74, 6) is -0.502. The summed E-state index contributed by atoms with van der Waals surface area (Å²) < 4.78 is 0. The predicted octanol–water partition coefficient (Wildman–Crippen LogP) is 0.474. The molecule has 0 atom stereocenters. The first-order valence-electron chi connectivity index (χ1n) is 7.27. The summed E-state index contributed by atoms with van der Waals surface area (Å²) in [5.41, 5.74) is 7.84. The van der Waals surface area contributed by atoms with Crippen LogP contribution in [0.4, 0.5) is 5.69 Å². The number of carbonyl (C=O) groups is 2. The second-order valence-electron chi connectivity index (χ2n) is 5.05. The van der Waals surface area contributed by atoms with Crippen LogP contribution in [0.15, 0.2) is 24.3 Å². The van der Waals surface area contributed by atoms with Gasteiger partial charge in [0, 0.05) is 25.3 Å². The highest BCUT2D eigenvalue weighted by Gasteiger charge is 2.17. The molecule has 0 aromatic heterocycles. The van der Waals surface area contributed by atoms with Gasteiger partial charge in [0.25, 0.3) is 0 Å². The van der Waals surface area contributed by atoms with Crippen LogP contribution >= 0.6 is 24.8 Å². The Morgan fingerprint density at radius 3 is 2.61 bits per heavy atom. The molecule has 4 N–H and O–H groups in total. The summed E-state index contributed by atoms with van der Waals surface area (Å²) in [4.78, 5) is 24.7. The number of nitrogens with two attached hydrogens (primary N) is 1. The van der Waals surface area contributed by atoms with Crippen LogP contribution in [0, 0.1) is 0 Å². The SMILES string of the molecule is Cl.Cl.NCC(=O)NCC(=O)NCCCN1CCc2ccccc21. The first-order valence-corrected chi connectivity index (χ1v) is 7.27. The van der Waals surface area contributed by atoms with Gasteiger partial charge < -0.3 is 21.3 Å². The number of rotatable bonds is 7. The topological polar surface area (TPSA) is 87.5 Å². The van der Waals surface area contributed by atoms with E-state index < -0.39 is 0 Å². The molecule has 0 radical (unpaired) electrons. The highest BCUT2D eigenvalue weighted by molar-refractivity contribution is 5.86. The molecule has 1 aromatic rings. The normalized spacial score (nSPS) is 11.8. The molecule has 6 nitrogen and oxygen atoms in total. The zero-order chi connectivity index (χ0) is 15.1. The first-order chi connectivity index (χ1) is 10.2. The summed E-state index contributed by atoms with van der Waals surface area (Å²) in [6, 6.07) is 8.43. The molecule has 130 valence electrons. The lowest BCUT2D eigenvalue weighted by Gasteiger charge is -2.19. The van der Waals surface area contributed by atoms with E-state index in [1.165, 1.54) is 11.3 Å². The maximum Gasteiger partial charge on any atom is 0.239 e. The molecule has 0 saturated heterocycles. The molecule has 1 heterocycles. The van der Waals surface area contributed by atoms with Crippen molar-refractivity contribution in [2.45, 2.75) is 12.8 Å². The number of hydrogen-bond acceptors (Lipinski definition) is 4. The molecule has 0 spiro atoms. The van der Waals surface area contributed by atoms with Gasteiger partial charge in [-0.05, 0) is 24.5 Å². The van der Waals surface area contributed by atoms with Gasteiger partial charge >= 0.3 is 0 Å². The Morgan fingerprint density at radius 1 is 1.13 bits per heavy atom. The van der Waals surface area contributed by atoms with Gasteiger partial charge in [-0.1, -0.05) is 18.2 Å². The van der Waals surface area contributed by atoms with E-state index in [2.05, 4.69) is 39.8 Å². The Hall–Kier alpha value is -1.50.